The highest BCUT2D eigenvalue weighted by Crippen LogP contribution is 2.45. The summed E-state index contributed by atoms with van der Waals surface area (Å²) >= 11 is 0. The van der Waals surface area contributed by atoms with E-state index in [1.54, 1.807) is 0 Å². The van der Waals surface area contributed by atoms with Crippen molar-refractivity contribution in [1.82, 2.24) is 10.6 Å². The van der Waals surface area contributed by atoms with Crippen LogP contribution in [0.4, 0.5) is 9.59 Å². The molecule has 2 unspecified atom stereocenters. The standard InChI is InChI=1S/C15H28N2O4/c1-10(2)21-13(20)17-11-6-14(3,4)8-15(5,7-11)9-16-12(18)19/h10-11,16H,6-9H2,1-5H3,(H,17,20)(H,18,19). The number of hydrogen-bond donors (Lipinski definition) is 3. The van der Waals surface area contributed by atoms with Crippen LogP contribution in [-0.4, -0.2) is 36.0 Å². The largest absolute Gasteiger partial charge is 0.465 e. The number of carbonyl (C=O) groups is 2. The van der Waals surface area contributed by atoms with Crippen LogP contribution in [0.25, 0.3) is 0 Å². The Kier molecular flexibility index (Phi) is 5.48. The first-order valence-electron chi connectivity index (χ1n) is 7.45. The minimum absolute atomic E-state index is 0.000551. The van der Waals surface area contributed by atoms with Crippen molar-refractivity contribution in [1.29, 1.82) is 0 Å². The number of ether oxygens (including phenoxy) is 1. The van der Waals surface area contributed by atoms with Gasteiger partial charge >= 0.3 is 12.2 Å². The average molecular weight is 300 g/mol. The Hall–Kier alpha value is -1.46. The van der Waals surface area contributed by atoms with E-state index in [0.29, 0.717) is 6.54 Å². The first kappa shape index (κ1) is 17.6. The van der Waals surface area contributed by atoms with Gasteiger partial charge in [0.2, 0.25) is 0 Å². The van der Waals surface area contributed by atoms with Gasteiger partial charge in [-0.05, 0) is 43.9 Å². The summed E-state index contributed by atoms with van der Waals surface area (Å²) in [6.07, 6.45) is 0.955. The van der Waals surface area contributed by atoms with Crippen LogP contribution >= 0.6 is 0 Å². The Morgan fingerprint density at radius 1 is 1.29 bits per heavy atom. The van der Waals surface area contributed by atoms with Crippen LogP contribution in [0.1, 0.15) is 53.9 Å². The van der Waals surface area contributed by atoms with Crippen molar-refractivity contribution in [3.8, 4) is 0 Å². The highest BCUT2D eigenvalue weighted by atomic mass is 16.6. The van der Waals surface area contributed by atoms with E-state index in [9.17, 15) is 9.59 Å². The first-order valence-corrected chi connectivity index (χ1v) is 7.45. The average Bonchev–Trinajstić information content (AvgIpc) is 2.22. The summed E-state index contributed by atoms with van der Waals surface area (Å²) in [4.78, 5) is 22.5. The van der Waals surface area contributed by atoms with Crippen LogP contribution in [0.15, 0.2) is 0 Å². The number of amides is 2. The van der Waals surface area contributed by atoms with E-state index >= 15 is 0 Å². The highest BCUT2D eigenvalue weighted by molar-refractivity contribution is 5.67. The van der Waals surface area contributed by atoms with Gasteiger partial charge in [-0.2, -0.15) is 0 Å². The quantitative estimate of drug-likeness (QED) is 0.745. The van der Waals surface area contributed by atoms with Crippen molar-refractivity contribution in [3.05, 3.63) is 0 Å². The van der Waals surface area contributed by atoms with Crippen molar-refractivity contribution in [2.45, 2.75) is 66.0 Å². The lowest BCUT2D eigenvalue weighted by atomic mass is 9.62. The number of rotatable bonds is 4. The van der Waals surface area contributed by atoms with E-state index in [4.69, 9.17) is 9.84 Å². The van der Waals surface area contributed by atoms with Gasteiger partial charge in [-0.25, -0.2) is 9.59 Å². The molecule has 0 aromatic carbocycles. The molecule has 6 nitrogen and oxygen atoms in total. The fourth-order valence-corrected chi connectivity index (χ4v) is 3.57. The minimum atomic E-state index is -1.01. The third-order valence-electron chi connectivity index (χ3n) is 3.77. The third-order valence-corrected chi connectivity index (χ3v) is 3.77. The van der Waals surface area contributed by atoms with Gasteiger partial charge in [-0.3, -0.25) is 0 Å². The predicted octanol–water partition coefficient (Wildman–Crippen LogP) is 2.97. The molecule has 6 heteroatoms. The van der Waals surface area contributed by atoms with Crippen molar-refractivity contribution < 1.29 is 19.4 Å². The van der Waals surface area contributed by atoms with Crippen LogP contribution in [-0.2, 0) is 4.74 Å². The van der Waals surface area contributed by atoms with Gasteiger partial charge in [0, 0.05) is 12.6 Å². The topological polar surface area (TPSA) is 87.7 Å². The fraction of sp³-hybridized carbons (Fsp3) is 0.867. The monoisotopic (exact) mass is 300 g/mol. The lowest BCUT2D eigenvalue weighted by molar-refractivity contribution is 0.0598. The zero-order valence-corrected chi connectivity index (χ0v) is 13.7. The maximum atomic E-state index is 11.8. The molecule has 0 radical (unpaired) electrons. The normalized spacial score (nSPS) is 28.0. The summed E-state index contributed by atoms with van der Waals surface area (Å²) in [6.45, 7) is 10.4. The molecule has 1 aliphatic carbocycles. The Morgan fingerprint density at radius 3 is 2.43 bits per heavy atom. The number of alkyl carbamates (subject to hydrolysis) is 1. The molecule has 1 fully saturated rings. The van der Waals surface area contributed by atoms with Crippen LogP contribution < -0.4 is 10.6 Å². The highest BCUT2D eigenvalue weighted by Gasteiger charge is 2.42. The molecule has 1 saturated carbocycles. The Morgan fingerprint density at radius 2 is 1.90 bits per heavy atom. The van der Waals surface area contributed by atoms with Gasteiger partial charge in [0.25, 0.3) is 0 Å². The van der Waals surface area contributed by atoms with E-state index in [0.717, 1.165) is 19.3 Å². The van der Waals surface area contributed by atoms with E-state index in [-0.39, 0.29) is 23.0 Å². The molecule has 0 heterocycles. The Labute approximate surface area is 126 Å². The summed E-state index contributed by atoms with van der Waals surface area (Å²) in [5.74, 6) is 0. The smallest absolute Gasteiger partial charge is 0.407 e. The summed E-state index contributed by atoms with van der Waals surface area (Å²) in [5, 5.41) is 14.2. The Bertz CT molecular complexity index is 395. The molecule has 122 valence electrons. The van der Waals surface area contributed by atoms with Gasteiger partial charge in [0.05, 0.1) is 6.10 Å². The number of hydrogen-bond acceptors (Lipinski definition) is 3. The van der Waals surface area contributed by atoms with Gasteiger partial charge in [-0.1, -0.05) is 20.8 Å². The number of carboxylic acid groups (broad SMARTS) is 1. The summed E-state index contributed by atoms with van der Waals surface area (Å²) in [7, 11) is 0. The second-order valence-corrected chi connectivity index (χ2v) is 7.51. The molecule has 2 atom stereocenters. The molecule has 1 aliphatic rings. The second kappa shape index (κ2) is 6.54. The lowest BCUT2D eigenvalue weighted by Crippen LogP contribution is -2.50. The molecule has 1 rings (SSSR count). The fourth-order valence-electron chi connectivity index (χ4n) is 3.57. The molecule has 0 aliphatic heterocycles. The number of carbonyl (C=O) groups excluding carboxylic acids is 1. The van der Waals surface area contributed by atoms with Crippen molar-refractivity contribution in [2.24, 2.45) is 10.8 Å². The van der Waals surface area contributed by atoms with Crippen LogP contribution in [0, 0.1) is 10.8 Å². The molecule has 0 aromatic heterocycles. The Balaban J connectivity index is 2.68. The number of nitrogens with one attached hydrogen (secondary N) is 2. The minimum Gasteiger partial charge on any atom is -0.465 e. The van der Waals surface area contributed by atoms with Crippen LogP contribution in [0.2, 0.25) is 0 Å². The SMILES string of the molecule is CC(C)OC(=O)NC1CC(C)(C)CC(C)(CNC(=O)O)C1. The maximum absolute atomic E-state index is 11.8. The zero-order valence-electron chi connectivity index (χ0n) is 13.7. The van der Waals surface area contributed by atoms with Gasteiger partial charge in [-0.15, -0.1) is 0 Å². The molecule has 0 saturated heterocycles. The van der Waals surface area contributed by atoms with Gasteiger partial charge in [0.15, 0.2) is 0 Å². The predicted molar refractivity (Wildman–Crippen MR) is 80.3 cm³/mol. The van der Waals surface area contributed by atoms with Crippen molar-refractivity contribution in [3.63, 3.8) is 0 Å². The van der Waals surface area contributed by atoms with Crippen LogP contribution in [0.3, 0.4) is 0 Å². The lowest BCUT2D eigenvalue weighted by Gasteiger charge is -2.46. The van der Waals surface area contributed by atoms with E-state index in [2.05, 4.69) is 31.4 Å². The molecular weight excluding hydrogens is 272 g/mol. The van der Waals surface area contributed by atoms with E-state index < -0.39 is 12.2 Å². The molecule has 21 heavy (non-hydrogen) atoms. The third kappa shape index (κ3) is 6.23. The van der Waals surface area contributed by atoms with Crippen molar-refractivity contribution in [2.75, 3.05) is 6.54 Å². The second-order valence-electron chi connectivity index (χ2n) is 7.51. The molecule has 3 N–H and O–H groups in total. The molecule has 2 amide bonds. The summed E-state index contributed by atoms with van der Waals surface area (Å²) < 4.78 is 5.13. The molecule has 0 spiro atoms. The maximum Gasteiger partial charge on any atom is 0.407 e. The first-order chi connectivity index (χ1) is 9.51. The van der Waals surface area contributed by atoms with Crippen molar-refractivity contribution >= 4 is 12.2 Å². The van der Waals surface area contributed by atoms with Gasteiger partial charge < -0.3 is 20.5 Å². The van der Waals surface area contributed by atoms with E-state index in [1.165, 1.54) is 0 Å². The van der Waals surface area contributed by atoms with Gasteiger partial charge in [0.1, 0.15) is 0 Å². The summed E-state index contributed by atoms with van der Waals surface area (Å²) in [5.41, 5.74) is -0.126. The molecule has 0 aromatic rings. The zero-order chi connectivity index (χ0) is 16.3. The molecule has 0 bridgehead atoms. The summed E-state index contributed by atoms with van der Waals surface area (Å²) in [6, 6.07) is 0.000551. The van der Waals surface area contributed by atoms with E-state index in [1.807, 2.05) is 13.8 Å². The van der Waals surface area contributed by atoms with Crippen LogP contribution in [0.5, 0.6) is 0 Å². The molecular formula is C15H28N2O4.